The third kappa shape index (κ3) is 2.50. The lowest BCUT2D eigenvalue weighted by atomic mass is 9.66. The number of nitrogens with one attached hydrogen (secondary N) is 1. The highest BCUT2D eigenvalue weighted by atomic mass is 19.4. The molecule has 9 heteroatoms. The standard InChI is InChI=1S/C21H12F3N3O3/c22-21(23,24)17-15(16(28)11-6-2-1-3-7-11)20(13(10-25)18(26)30-17)12-8-4-5-9-14(12)27-19(20)29/h1-9H,26H2,(H,27,29). The minimum Gasteiger partial charge on any atom is -0.435 e. The number of amides is 1. The van der Waals surface area contributed by atoms with E-state index in [1.807, 2.05) is 0 Å². The van der Waals surface area contributed by atoms with Crippen LogP contribution in [0.2, 0.25) is 0 Å². The van der Waals surface area contributed by atoms with Gasteiger partial charge in [-0.2, -0.15) is 18.4 Å². The van der Waals surface area contributed by atoms with Gasteiger partial charge in [0, 0.05) is 16.8 Å². The van der Waals surface area contributed by atoms with E-state index in [0.29, 0.717) is 0 Å². The van der Waals surface area contributed by atoms with E-state index < -0.39 is 46.1 Å². The average molecular weight is 411 g/mol. The molecule has 150 valence electrons. The maximum absolute atomic E-state index is 14.0. The Morgan fingerprint density at radius 1 is 1.10 bits per heavy atom. The van der Waals surface area contributed by atoms with E-state index in [1.54, 1.807) is 18.2 Å². The summed E-state index contributed by atoms with van der Waals surface area (Å²) in [5.74, 6) is -4.71. The number of fused-ring (bicyclic) bond motifs is 2. The summed E-state index contributed by atoms with van der Waals surface area (Å²) >= 11 is 0. The molecule has 4 rings (SSSR count). The molecule has 0 aromatic heterocycles. The molecule has 0 bridgehead atoms. The number of carbonyl (C=O) groups excluding carboxylic acids is 2. The zero-order valence-electron chi connectivity index (χ0n) is 15.1. The van der Waals surface area contributed by atoms with Crippen LogP contribution < -0.4 is 11.1 Å². The number of nitrogens with zero attached hydrogens (tertiary/aromatic N) is 1. The number of para-hydroxylation sites is 1. The largest absolute Gasteiger partial charge is 0.450 e. The van der Waals surface area contributed by atoms with Crippen molar-refractivity contribution in [3.63, 3.8) is 0 Å². The molecular formula is C21H12F3N3O3. The van der Waals surface area contributed by atoms with Crippen LogP contribution in [0.25, 0.3) is 0 Å². The highest BCUT2D eigenvalue weighted by molar-refractivity contribution is 6.22. The number of benzene rings is 2. The van der Waals surface area contributed by atoms with Crippen LogP contribution in [-0.4, -0.2) is 17.9 Å². The van der Waals surface area contributed by atoms with Crippen molar-refractivity contribution in [2.24, 2.45) is 5.73 Å². The summed E-state index contributed by atoms with van der Waals surface area (Å²) in [5.41, 5.74) is 1.75. The molecule has 6 nitrogen and oxygen atoms in total. The number of carbonyl (C=O) groups is 2. The van der Waals surface area contributed by atoms with Crippen LogP contribution in [0, 0.1) is 11.3 Å². The van der Waals surface area contributed by atoms with Crippen LogP contribution in [0.15, 0.2) is 77.4 Å². The van der Waals surface area contributed by atoms with Crippen LogP contribution in [0.5, 0.6) is 0 Å². The Bertz CT molecular complexity index is 1190. The summed E-state index contributed by atoms with van der Waals surface area (Å²) in [5, 5.41) is 12.2. The van der Waals surface area contributed by atoms with Crippen molar-refractivity contribution in [3.8, 4) is 6.07 Å². The van der Waals surface area contributed by atoms with Crippen LogP contribution in [0.4, 0.5) is 18.9 Å². The molecule has 1 amide bonds. The summed E-state index contributed by atoms with van der Waals surface area (Å²) in [6.07, 6.45) is -5.16. The normalized spacial score (nSPS) is 20.5. The second-order valence-electron chi connectivity index (χ2n) is 6.60. The zero-order valence-corrected chi connectivity index (χ0v) is 15.1. The molecule has 1 atom stereocenters. The molecule has 0 aliphatic carbocycles. The Hall–Kier alpha value is -4.06. The fourth-order valence-corrected chi connectivity index (χ4v) is 3.79. The molecule has 3 N–H and O–H groups in total. The van der Waals surface area contributed by atoms with Gasteiger partial charge in [0.2, 0.25) is 17.5 Å². The summed E-state index contributed by atoms with van der Waals surface area (Å²) in [7, 11) is 0. The van der Waals surface area contributed by atoms with Crippen molar-refractivity contribution < 1.29 is 27.5 Å². The van der Waals surface area contributed by atoms with Gasteiger partial charge in [-0.1, -0.05) is 48.5 Å². The van der Waals surface area contributed by atoms with Crippen molar-refractivity contribution in [3.05, 3.63) is 88.5 Å². The third-order valence-electron chi connectivity index (χ3n) is 4.99. The molecule has 0 saturated heterocycles. The number of ether oxygens (including phenoxy) is 1. The van der Waals surface area contributed by atoms with Crippen molar-refractivity contribution in [2.75, 3.05) is 5.32 Å². The van der Waals surface area contributed by atoms with Gasteiger partial charge in [-0.3, -0.25) is 9.59 Å². The van der Waals surface area contributed by atoms with E-state index in [-0.39, 0.29) is 16.8 Å². The summed E-state index contributed by atoms with van der Waals surface area (Å²) in [4.78, 5) is 26.5. The fourth-order valence-electron chi connectivity index (χ4n) is 3.79. The highest BCUT2D eigenvalue weighted by Crippen LogP contribution is 2.54. The summed E-state index contributed by atoms with van der Waals surface area (Å²) in [6.45, 7) is 0. The van der Waals surface area contributed by atoms with Gasteiger partial charge in [0.15, 0.2) is 5.78 Å². The molecule has 2 heterocycles. The van der Waals surface area contributed by atoms with E-state index in [4.69, 9.17) is 10.5 Å². The minimum absolute atomic E-state index is 0.0128. The molecule has 0 fully saturated rings. The number of nitriles is 1. The second-order valence-corrected chi connectivity index (χ2v) is 6.60. The molecule has 2 aliphatic rings. The number of halogens is 3. The van der Waals surface area contributed by atoms with Crippen molar-refractivity contribution >= 4 is 17.4 Å². The summed E-state index contributed by atoms with van der Waals surface area (Å²) in [6, 6.07) is 14.7. The van der Waals surface area contributed by atoms with E-state index in [9.17, 15) is 28.0 Å². The smallest absolute Gasteiger partial charge is 0.435 e. The quantitative estimate of drug-likeness (QED) is 0.738. The first-order valence-corrected chi connectivity index (χ1v) is 8.63. The Morgan fingerprint density at radius 2 is 1.73 bits per heavy atom. The minimum atomic E-state index is -5.16. The average Bonchev–Trinajstić information content (AvgIpc) is 3.00. The Kier molecular flexibility index (Phi) is 4.17. The van der Waals surface area contributed by atoms with Gasteiger partial charge in [0.1, 0.15) is 17.1 Å². The van der Waals surface area contributed by atoms with Gasteiger partial charge in [-0.25, -0.2) is 0 Å². The van der Waals surface area contributed by atoms with Gasteiger partial charge in [-0.15, -0.1) is 0 Å². The van der Waals surface area contributed by atoms with Gasteiger partial charge in [0.25, 0.3) is 0 Å². The van der Waals surface area contributed by atoms with Crippen molar-refractivity contribution in [1.82, 2.24) is 0 Å². The summed E-state index contributed by atoms with van der Waals surface area (Å²) < 4.78 is 46.7. The number of rotatable bonds is 2. The molecule has 30 heavy (non-hydrogen) atoms. The first-order valence-electron chi connectivity index (χ1n) is 8.63. The third-order valence-corrected chi connectivity index (χ3v) is 4.99. The topological polar surface area (TPSA) is 105 Å². The van der Waals surface area contributed by atoms with Crippen molar-refractivity contribution in [1.29, 1.82) is 5.26 Å². The lowest BCUT2D eigenvalue weighted by Gasteiger charge is -2.35. The van der Waals surface area contributed by atoms with Crippen molar-refractivity contribution in [2.45, 2.75) is 11.6 Å². The molecular weight excluding hydrogens is 399 g/mol. The molecule has 0 saturated carbocycles. The number of hydrogen-bond donors (Lipinski definition) is 2. The van der Waals surface area contributed by atoms with Gasteiger partial charge in [0.05, 0.1) is 5.57 Å². The predicted molar refractivity (Wildman–Crippen MR) is 98.5 cm³/mol. The number of ketones is 1. The SMILES string of the molecule is N#CC1=C(N)OC(C(F)(F)F)=C(C(=O)c2ccccc2)C12C(=O)Nc1ccccc12. The maximum Gasteiger partial charge on any atom is 0.450 e. The van der Waals surface area contributed by atoms with Gasteiger partial charge >= 0.3 is 6.18 Å². The fraction of sp³-hybridized carbons (Fsp3) is 0.0952. The van der Waals surface area contributed by atoms with E-state index in [2.05, 4.69) is 5.32 Å². The predicted octanol–water partition coefficient (Wildman–Crippen LogP) is 3.30. The van der Waals surface area contributed by atoms with E-state index >= 15 is 0 Å². The lowest BCUT2D eigenvalue weighted by molar-refractivity contribution is -0.129. The van der Waals surface area contributed by atoms with Crippen LogP contribution >= 0.6 is 0 Å². The number of Topliss-reactive ketones (excluding diaryl/α,β-unsaturated/α-hetero) is 1. The number of nitrogens with two attached hydrogens (primary N) is 1. The van der Waals surface area contributed by atoms with Crippen LogP contribution in [0.1, 0.15) is 15.9 Å². The molecule has 1 unspecified atom stereocenters. The van der Waals surface area contributed by atoms with Gasteiger partial charge < -0.3 is 15.8 Å². The highest BCUT2D eigenvalue weighted by Gasteiger charge is 2.62. The van der Waals surface area contributed by atoms with Gasteiger partial charge in [-0.05, 0) is 6.07 Å². The lowest BCUT2D eigenvalue weighted by Crippen LogP contribution is -2.47. The second kappa shape index (κ2) is 6.49. The Balaban J connectivity index is 2.15. The number of alkyl halides is 3. The molecule has 1 spiro atoms. The monoisotopic (exact) mass is 411 g/mol. The number of hydrogen-bond acceptors (Lipinski definition) is 5. The first-order chi connectivity index (χ1) is 14.2. The molecule has 0 radical (unpaired) electrons. The van der Waals surface area contributed by atoms with Crippen LogP contribution in [0.3, 0.4) is 0 Å². The number of allylic oxidation sites excluding steroid dienone is 1. The molecule has 2 aromatic rings. The van der Waals surface area contributed by atoms with E-state index in [0.717, 1.165) is 0 Å². The van der Waals surface area contributed by atoms with Crippen LogP contribution in [-0.2, 0) is 14.9 Å². The maximum atomic E-state index is 14.0. The zero-order chi connectivity index (χ0) is 21.7. The number of anilines is 1. The molecule has 2 aromatic carbocycles. The molecule has 2 aliphatic heterocycles. The Labute approximate surface area is 168 Å². The Morgan fingerprint density at radius 3 is 2.37 bits per heavy atom. The van der Waals surface area contributed by atoms with E-state index in [1.165, 1.54) is 42.5 Å². The first kappa shape index (κ1) is 19.3.